The van der Waals surface area contributed by atoms with Crippen LogP contribution in [0.5, 0.6) is 0 Å². The Morgan fingerprint density at radius 1 is 1.09 bits per heavy atom. The van der Waals surface area contributed by atoms with Gasteiger partial charge in [-0.25, -0.2) is 4.68 Å². The van der Waals surface area contributed by atoms with Gasteiger partial charge in [-0.1, -0.05) is 35.9 Å². The second-order valence-electron chi connectivity index (χ2n) is 8.91. The van der Waals surface area contributed by atoms with E-state index in [2.05, 4.69) is 37.9 Å². The third kappa shape index (κ3) is 4.45. The number of nitrogens with zero attached hydrogens (tertiary/aromatic N) is 3. The highest BCUT2D eigenvalue weighted by atomic mass is 35.5. The molecule has 5 nitrogen and oxygen atoms in total. The molecule has 0 atom stereocenters. The summed E-state index contributed by atoms with van der Waals surface area (Å²) in [5.41, 5.74) is 5.74. The number of hydrogen-bond donors (Lipinski definition) is 1. The minimum atomic E-state index is -0.110. The van der Waals surface area contributed by atoms with Gasteiger partial charge in [0.05, 0.1) is 11.4 Å². The average molecular weight is 451 g/mol. The maximum atomic E-state index is 13.2. The van der Waals surface area contributed by atoms with E-state index in [1.807, 2.05) is 53.2 Å². The van der Waals surface area contributed by atoms with Crippen LogP contribution in [0.4, 0.5) is 0 Å². The molecule has 1 aliphatic rings. The Morgan fingerprint density at radius 3 is 2.50 bits per heavy atom. The average Bonchev–Trinajstić information content (AvgIpc) is 3.16. The van der Waals surface area contributed by atoms with Crippen molar-refractivity contribution in [1.29, 1.82) is 0 Å². The smallest absolute Gasteiger partial charge is 0.272 e. The molecule has 32 heavy (non-hydrogen) atoms. The fourth-order valence-electron chi connectivity index (χ4n) is 4.66. The van der Waals surface area contributed by atoms with E-state index in [-0.39, 0.29) is 5.91 Å². The van der Waals surface area contributed by atoms with Crippen LogP contribution in [0, 0.1) is 0 Å². The van der Waals surface area contributed by atoms with Crippen molar-refractivity contribution in [2.24, 2.45) is 0 Å². The van der Waals surface area contributed by atoms with E-state index in [4.69, 9.17) is 16.7 Å². The number of hydrogen-bond acceptors (Lipinski definition) is 3. The number of aromatic nitrogens is 2. The van der Waals surface area contributed by atoms with Crippen LogP contribution in [0.25, 0.3) is 16.9 Å². The second kappa shape index (κ2) is 9.47. The van der Waals surface area contributed by atoms with Crippen LogP contribution in [0.2, 0.25) is 5.02 Å². The first kappa shape index (κ1) is 22.6. The van der Waals surface area contributed by atoms with Gasteiger partial charge in [0, 0.05) is 41.3 Å². The molecular weight excluding hydrogens is 420 g/mol. The summed E-state index contributed by atoms with van der Waals surface area (Å²) in [5.74, 6) is -0.110. The van der Waals surface area contributed by atoms with E-state index in [0.717, 1.165) is 46.9 Å². The molecule has 0 saturated heterocycles. The largest absolute Gasteiger partial charge is 0.349 e. The second-order valence-corrected chi connectivity index (χ2v) is 9.34. The summed E-state index contributed by atoms with van der Waals surface area (Å²) >= 11 is 6.25. The number of rotatable bonds is 7. The van der Waals surface area contributed by atoms with Gasteiger partial charge in [-0.2, -0.15) is 5.10 Å². The Kier molecular flexibility index (Phi) is 6.68. The molecule has 4 rings (SSSR count). The van der Waals surface area contributed by atoms with E-state index < -0.39 is 0 Å². The van der Waals surface area contributed by atoms with Crippen molar-refractivity contribution in [3.8, 4) is 16.9 Å². The first-order valence-electron chi connectivity index (χ1n) is 11.4. The zero-order valence-corrected chi connectivity index (χ0v) is 20.0. The highest BCUT2D eigenvalue weighted by Crippen LogP contribution is 2.38. The maximum Gasteiger partial charge on any atom is 0.272 e. The minimum absolute atomic E-state index is 0.110. The zero-order chi connectivity index (χ0) is 22.8. The van der Waals surface area contributed by atoms with E-state index in [1.165, 1.54) is 5.56 Å². The summed E-state index contributed by atoms with van der Waals surface area (Å²) in [6.45, 7) is 10.1. The van der Waals surface area contributed by atoms with Crippen molar-refractivity contribution in [1.82, 2.24) is 20.0 Å². The molecule has 0 spiro atoms. The van der Waals surface area contributed by atoms with Gasteiger partial charge in [0.1, 0.15) is 0 Å². The van der Waals surface area contributed by atoms with Gasteiger partial charge in [0.25, 0.3) is 5.91 Å². The first-order chi connectivity index (χ1) is 15.4. The fraction of sp³-hybridized carbons (Fsp3) is 0.385. The van der Waals surface area contributed by atoms with E-state index in [1.54, 1.807) is 0 Å². The monoisotopic (exact) mass is 450 g/mol. The highest BCUT2D eigenvalue weighted by molar-refractivity contribution is 6.30. The van der Waals surface area contributed by atoms with Crippen molar-refractivity contribution < 1.29 is 4.79 Å². The molecule has 6 heteroatoms. The van der Waals surface area contributed by atoms with Gasteiger partial charge in [0.2, 0.25) is 0 Å². The Balaban J connectivity index is 1.67. The van der Waals surface area contributed by atoms with Crippen molar-refractivity contribution in [3.63, 3.8) is 0 Å². The SMILES string of the molecule is CC(C)N(CCNC(=O)c1nn(-c2ccccc2)c2c1CCc1cc(Cl)ccc1-2)C(C)C. The molecule has 0 fully saturated rings. The number of benzene rings is 2. The van der Waals surface area contributed by atoms with Gasteiger partial charge >= 0.3 is 0 Å². The number of amides is 1. The Hall–Kier alpha value is -2.63. The van der Waals surface area contributed by atoms with Crippen LogP contribution in [0.1, 0.15) is 49.3 Å². The van der Waals surface area contributed by atoms with Gasteiger partial charge < -0.3 is 5.32 Å². The summed E-state index contributed by atoms with van der Waals surface area (Å²) in [4.78, 5) is 15.6. The lowest BCUT2D eigenvalue weighted by Crippen LogP contribution is -2.42. The molecule has 1 aliphatic carbocycles. The van der Waals surface area contributed by atoms with Gasteiger partial charge in [0.15, 0.2) is 5.69 Å². The number of carbonyl (C=O) groups is 1. The molecule has 0 aliphatic heterocycles. The molecular formula is C26H31ClN4O. The van der Waals surface area contributed by atoms with Crippen molar-refractivity contribution >= 4 is 17.5 Å². The molecule has 1 amide bonds. The van der Waals surface area contributed by atoms with Crippen LogP contribution >= 0.6 is 11.6 Å². The molecule has 1 heterocycles. The van der Waals surface area contributed by atoms with Crippen LogP contribution in [-0.2, 0) is 12.8 Å². The summed E-state index contributed by atoms with van der Waals surface area (Å²) < 4.78 is 1.91. The zero-order valence-electron chi connectivity index (χ0n) is 19.2. The highest BCUT2D eigenvalue weighted by Gasteiger charge is 2.29. The van der Waals surface area contributed by atoms with E-state index in [9.17, 15) is 4.79 Å². The summed E-state index contributed by atoms with van der Waals surface area (Å²) in [7, 11) is 0. The van der Waals surface area contributed by atoms with E-state index >= 15 is 0 Å². The Labute approximate surface area is 195 Å². The fourth-order valence-corrected chi connectivity index (χ4v) is 4.85. The normalized spacial score (nSPS) is 12.9. The standard InChI is InChI=1S/C26H31ClN4O/c1-17(2)30(18(3)4)15-14-28-26(32)24-23-12-10-19-16-20(27)11-13-22(19)25(23)31(29-24)21-8-6-5-7-9-21/h5-9,11,13,16-18H,10,12,14-15H2,1-4H3,(H,28,32). The molecule has 0 unspecified atom stereocenters. The third-order valence-electron chi connectivity index (χ3n) is 6.15. The third-order valence-corrected chi connectivity index (χ3v) is 6.38. The van der Waals surface area contributed by atoms with Crippen molar-refractivity contribution in [2.45, 2.75) is 52.6 Å². The molecule has 0 bridgehead atoms. The predicted octanol–water partition coefficient (Wildman–Crippen LogP) is 5.14. The number of nitrogens with one attached hydrogen (secondary N) is 1. The first-order valence-corrected chi connectivity index (χ1v) is 11.7. The summed E-state index contributed by atoms with van der Waals surface area (Å²) in [5, 5.41) is 8.65. The van der Waals surface area contributed by atoms with Gasteiger partial charge in [-0.05, 0) is 70.4 Å². The summed E-state index contributed by atoms with van der Waals surface area (Å²) in [6.07, 6.45) is 1.61. The van der Waals surface area contributed by atoms with Crippen LogP contribution < -0.4 is 5.32 Å². The Bertz CT molecular complexity index is 1100. The molecule has 1 aromatic heterocycles. The molecule has 0 saturated carbocycles. The van der Waals surface area contributed by atoms with Crippen LogP contribution in [0.15, 0.2) is 48.5 Å². The Morgan fingerprint density at radius 2 is 1.81 bits per heavy atom. The lowest BCUT2D eigenvalue weighted by Gasteiger charge is -2.30. The number of carbonyl (C=O) groups excluding carboxylic acids is 1. The van der Waals surface area contributed by atoms with Gasteiger partial charge in [-0.15, -0.1) is 0 Å². The number of para-hydroxylation sites is 1. The minimum Gasteiger partial charge on any atom is -0.349 e. The maximum absolute atomic E-state index is 13.2. The topological polar surface area (TPSA) is 50.2 Å². The quantitative estimate of drug-likeness (QED) is 0.542. The number of fused-ring (bicyclic) bond motifs is 3. The summed E-state index contributed by atoms with van der Waals surface area (Å²) in [6, 6.07) is 16.8. The lowest BCUT2D eigenvalue weighted by atomic mass is 9.88. The van der Waals surface area contributed by atoms with E-state index in [0.29, 0.717) is 24.3 Å². The molecule has 3 aromatic rings. The van der Waals surface area contributed by atoms with Crippen molar-refractivity contribution in [2.75, 3.05) is 13.1 Å². The molecule has 168 valence electrons. The molecule has 0 radical (unpaired) electrons. The van der Waals surface area contributed by atoms with Crippen molar-refractivity contribution in [3.05, 3.63) is 70.4 Å². The lowest BCUT2D eigenvalue weighted by molar-refractivity contribution is 0.0933. The number of halogens is 1. The van der Waals surface area contributed by atoms with Gasteiger partial charge in [-0.3, -0.25) is 9.69 Å². The van der Waals surface area contributed by atoms with Crippen LogP contribution in [0.3, 0.4) is 0 Å². The predicted molar refractivity (Wildman–Crippen MR) is 131 cm³/mol. The van der Waals surface area contributed by atoms with Crippen LogP contribution in [-0.4, -0.2) is 45.8 Å². The molecule has 2 aromatic carbocycles. The molecule has 1 N–H and O–H groups in total. The number of aryl methyl sites for hydroxylation is 1.